The number of benzene rings is 2. The first-order chi connectivity index (χ1) is 13.7. The zero-order valence-electron chi connectivity index (χ0n) is 15.7. The van der Waals surface area contributed by atoms with E-state index in [2.05, 4.69) is 21.2 Å². The third-order valence-corrected chi connectivity index (χ3v) is 5.51. The molecule has 2 unspecified atom stereocenters. The van der Waals surface area contributed by atoms with Gasteiger partial charge in [-0.2, -0.15) is 13.2 Å². The van der Waals surface area contributed by atoms with E-state index in [1.54, 1.807) is 37.3 Å². The summed E-state index contributed by atoms with van der Waals surface area (Å²) in [6.45, 7) is 2.09. The number of amides is 2. The summed E-state index contributed by atoms with van der Waals surface area (Å²) in [5.74, 6) is -0.597. The molecule has 1 heterocycles. The van der Waals surface area contributed by atoms with Gasteiger partial charge < -0.3 is 10.2 Å². The lowest BCUT2D eigenvalue weighted by Gasteiger charge is -2.26. The first-order valence-corrected chi connectivity index (χ1v) is 10.00. The van der Waals surface area contributed by atoms with Crippen LogP contribution in [-0.2, 0) is 11.0 Å². The van der Waals surface area contributed by atoms with Crippen molar-refractivity contribution in [3.63, 3.8) is 0 Å². The maximum Gasteiger partial charge on any atom is 0.416 e. The minimum absolute atomic E-state index is 0.234. The van der Waals surface area contributed by atoms with E-state index in [9.17, 15) is 22.8 Å². The van der Waals surface area contributed by atoms with Crippen LogP contribution in [0.1, 0.15) is 47.3 Å². The quantitative estimate of drug-likeness (QED) is 0.689. The van der Waals surface area contributed by atoms with E-state index in [1.807, 2.05) is 0 Å². The molecule has 0 radical (unpaired) electrons. The Morgan fingerprint density at radius 1 is 1.17 bits per heavy atom. The predicted molar refractivity (Wildman–Crippen MR) is 106 cm³/mol. The SMILES string of the molecule is CC(NC(=O)C1CCCN1C(=O)c1ccc(Br)cc1)c1cccc(C(F)(F)F)c1. The third-order valence-electron chi connectivity index (χ3n) is 4.98. The fraction of sp³-hybridized carbons (Fsp3) is 0.333. The summed E-state index contributed by atoms with van der Waals surface area (Å²) < 4.78 is 39.6. The van der Waals surface area contributed by atoms with Gasteiger partial charge in [-0.25, -0.2) is 0 Å². The van der Waals surface area contributed by atoms with Gasteiger partial charge in [0.2, 0.25) is 5.91 Å². The Balaban J connectivity index is 1.71. The van der Waals surface area contributed by atoms with Crippen LogP contribution in [0.25, 0.3) is 0 Å². The Morgan fingerprint density at radius 3 is 2.52 bits per heavy atom. The fourth-order valence-electron chi connectivity index (χ4n) is 3.42. The number of alkyl halides is 3. The van der Waals surface area contributed by atoms with Crippen LogP contribution in [-0.4, -0.2) is 29.3 Å². The highest BCUT2D eigenvalue weighted by atomic mass is 79.9. The van der Waals surface area contributed by atoms with Crippen molar-refractivity contribution < 1.29 is 22.8 Å². The summed E-state index contributed by atoms with van der Waals surface area (Å²) >= 11 is 3.32. The van der Waals surface area contributed by atoms with Crippen molar-refractivity contribution in [2.45, 2.75) is 38.0 Å². The van der Waals surface area contributed by atoms with Crippen molar-refractivity contribution in [1.82, 2.24) is 10.2 Å². The molecule has 0 spiro atoms. The van der Waals surface area contributed by atoms with E-state index in [-0.39, 0.29) is 11.8 Å². The van der Waals surface area contributed by atoms with Gasteiger partial charge in [0.05, 0.1) is 11.6 Å². The van der Waals surface area contributed by atoms with Gasteiger partial charge in [-0.3, -0.25) is 9.59 Å². The molecule has 0 aromatic heterocycles. The number of carbonyl (C=O) groups is 2. The number of nitrogens with zero attached hydrogens (tertiary/aromatic N) is 1. The molecule has 2 amide bonds. The Hall–Kier alpha value is -2.35. The van der Waals surface area contributed by atoms with Crippen LogP contribution in [0.2, 0.25) is 0 Å². The average Bonchev–Trinajstić information content (AvgIpc) is 3.17. The highest BCUT2D eigenvalue weighted by Crippen LogP contribution is 2.31. The third kappa shape index (κ3) is 4.98. The summed E-state index contributed by atoms with van der Waals surface area (Å²) in [4.78, 5) is 27.1. The first-order valence-electron chi connectivity index (χ1n) is 9.21. The number of halogens is 4. The molecular formula is C21H20BrF3N2O2. The maximum absolute atomic E-state index is 12.9. The van der Waals surface area contributed by atoms with Gasteiger partial charge >= 0.3 is 6.18 Å². The van der Waals surface area contributed by atoms with Crippen LogP contribution in [0.3, 0.4) is 0 Å². The molecule has 0 aliphatic carbocycles. The highest BCUT2D eigenvalue weighted by molar-refractivity contribution is 9.10. The maximum atomic E-state index is 12.9. The molecule has 1 N–H and O–H groups in total. The topological polar surface area (TPSA) is 49.4 Å². The largest absolute Gasteiger partial charge is 0.416 e. The Kier molecular flexibility index (Phi) is 6.31. The molecule has 2 aromatic rings. The van der Waals surface area contributed by atoms with Gasteiger partial charge in [-0.15, -0.1) is 0 Å². The lowest BCUT2D eigenvalue weighted by atomic mass is 10.0. The van der Waals surface area contributed by atoms with Gasteiger partial charge in [0.15, 0.2) is 0 Å². The second kappa shape index (κ2) is 8.57. The van der Waals surface area contributed by atoms with Crippen molar-refractivity contribution >= 4 is 27.7 Å². The number of nitrogens with one attached hydrogen (secondary N) is 1. The van der Waals surface area contributed by atoms with E-state index in [1.165, 1.54) is 11.0 Å². The van der Waals surface area contributed by atoms with Crippen molar-refractivity contribution in [3.8, 4) is 0 Å². The second-order valence-electron chi connectivity index (χ2n) is 7.02. The van der Waals surface area contributed by atoms with E-state index in [0.717, 1.165) is 16.6 Å². The minimum Gasteiger partial charge on any atom is -0.348 e. The summed E-state index contributed by atoms with van der Waals surface area (Å²) in [6.07, 6.45) is -3.24. The lowest BCUT2D eigenvalue weighted by molar-refractivity contribution is -0.137. The molecule has 154 valence electrons. The summed E-state index contributed by atoms with van der Waals surface area (Å²) in [5, 5.41) is 2.75. The molecule has 4 nitrogen and oxygen atoms in total. The standard InChI is InChI=1S/C21H20BrF3N2O2/c1-13(15-4-2-5-16(12-15)21(23,24)25)26-19(28)18-6-3-11-27(18)20(29)14-7-9-17(22)10-8-14/h2,4-5,7-10,12-13,18H,3,6,11H2,1H3,(H,26,28). The molecule has 2 aromatic carbocycles. The molecular weight excluding hydrogens is 449 g/mol. The number of hydrogen-bond donors (Lipinski definition) is 1. The smallest absolute Gasteiger partial charge is 0.348 e. The van der Waals surface area contributed by atoms with Gasteiger partial charge in [0.1, 0.15) is 6.04 Å². The molecule has 8 heteroatoms. The van der Waals surface area contributed by atoms with Crippen LogP contribution in [0.15, 0.2) is 53.0 Å². The van der Waals surface area contributed by atoms with E-state index in [0.29, 0.717) is 30.5 Å². The van der Waals surface area contributed by atoms with Gasteiger partial charge in [-0.05, 0) is 61.7 Å². The van der Waals surface area contributed by atoms with Crippen LogP contribution in [0.4, 0.5) is 13.2 Å². The van der Waals surface area contributed by atoms with Crippen LogP contribution in [0.5, 0.6) is 0 Å². The molecule has 1 aliphatic heterocycles. The molecule has 2 atom stereocenters. The molecule has 1 fully saturated rings. The van der Waals surface area contributed by atoms with E-state index >= 15 is 0 Å². The molecule has 0 saturated carbocycles. The minimum atomic E-state index is -4.45. The van der Waals surface area contributed by atoms with Crippen molar-refractivity contribution in [3.05, 3.63) is 69.7 Å². The molecule has 1 saturated heterocycles. The van der Waals surface area contributed by atoms with Crippen molar-refractivity contribution in [2.24, 2.45) is 0 Å². The Bertz CT molecular complexity index is 900. The average molecular weight is 469 g/mol. The molecule has 3 rings (SSSR count). The van der Waals surface area contributed by atoms with Crippen molar-refractivity contribution in [1.29, 1.82) is 0 Å². The van der Waals surface area contributed by atoms with Crippen molar-refractivity contribution in [2.75, 3.05) is 6.54 Å². The predicted octanol–water partition coefficient (Wildman–Crippen LogP) is 4.95. The summed E-state index contributed by atoms with van der Waals surface area (Å²) in [6, 6.07) is 10.5. The van der Waals surface area contributed by atoms with Gasteiger partial charge in [0, 0.05) is 16.6 Å². The monoisotopic (exact) mass is 468 g/mol. The zero-order valence-corrected chi connectivity index (χ0v) is 17.3. The van der Waals surface area contributed by atoms with Crippen LogP contribution >= 0.6 is 15.9 Å². The molecule has 1 aliphatic rings. The lowest BCUT2D eigenvalue weighted by Crippen LogP contribution is -2.46. The Labute approximate surface area is 175 Å². The summed E-state index contributed by atoms with van der Waals surface area (Å²) in [7, 11) is 0. The number of rotatable bonds is 4. The Morgan fingerprint density at radius 2 is 1.86 bits per heavy atom. The number of hydrogen-bond acceptors (Lipinski definition) is 2. The summed E-state index contributed by atoms with van der Waals surface area (Å²) in [5.41, 5.74) is 0.0831. The normalized spacial score (nSPS) is 17.8. The fourth-order valence-corrected chi connectivity index (χ4v) is 3.68. The van der Waals surface area contributed by atoms with Crippen LogP contribution < -0.4 is 5.32 Å². The number of carbonyl (C=O) groups excluding carboxylic acids is 2. The first kappa shape index (κ1) is 21.4. The molecule has 29 heavy (non-hydrogen) atoms. The highest BCUT2D eigenvalue weighted by Gasteiger charge is 2.35. The zero-order chi connectivity index (χ0) is 21.2. The number of likely N-dealkylation sites (tertiary alicyclic amines) is 1. The van der Waals surface area contributed by atoms with E-state index < -0.39 is 23.8 Å². The van der Waals surface area contributed by atoms with Gasteiger partial charge in [0.25, 0.3) is 5.91 Å². The van der Waals surface area contributed by atoms with Crippen LogP contribution in [0, 0.1) is 0 Å². The van der Waals surface area contributed by atoms with E-state index in [4.69, 9.17) is 0 Å². The van der Waals surface area contributed by atoms with Gasteiger partial charge in [-0.1, -0.05) is 28.1 Å². The second-order valence-corrected chi connectivity index (χ2v) is 7.93. The molecule has 0 bridgehead atoms.